The number of hydrogen-bond acceptors (Lipinski definition) is 4. The van der Waals surface area contributed by atoms with E-state index in [0.29, 0.717) is 26.0 Å². The minimum Gasteiger partial charge on any atom is -0.493 e. The van der Waals surface area contributed by atoms with Crippen LogP contribution in [0.15, 0.2) is 54.6 Å². The Kier molecular flexibility index (Phi) is 6.73. The van der Waals surface area contributed by atoms with Crippen molar-refractivity contribution in [1.82, 2.24) is 20.2 Å². The monoisotopic (exact) mass is 434 g/mol. The van der Waals surface area contributed by atoms with Crippen LogP contribution < -0.4 is 15.4 Å². The number of nitrogens with zero attached hydrogens (tertiary/aromatic N) is 2. The zero-order valence-electron chi connectivity index (χ0n) is 18.6. The Balaban J connectivity index is 1.33. The van der Waals surface area contributed by atoms with Crippen LogP contribution in [0.3, 0.4) is 0 Å². The number of benzene rings is 2. The Morgan fingerprint density at radius 1 is 1.09 bits per heavy atom. The SMILES string of the molecule is CC(=O)N[C@@H]1C[C@H](COc2ccccc2)C[C@H]1C(=O)NCCc1nc2ccccc2n1C. The van der Waals surface area contributed by atoms with Gasteiger partial charge in [0.25, 0.3) is 0 Å². The predicted octanol–water partition coefficient (Wildman–Crippen LogP) is 2.84. The molecular formula is C25H30N4O3. The molecule has 0 spiro atoms. The Labute approximate surface area is 188 Å². The van der Waals surface area contributed by atoms with Crippen LogP contribution >= 0.6 is 0 Å². The molecule has 1 fully saturated rings. The van der Waals surface area contributed by atoms with E-state index in [2.05, 4.69) is 20.2 Å². The molecule has 3 atom stereocenters. The van der Waals surface area contributed by atoms with Crippen LogP contribution in [-0.2, 0) is 23.1 Å². The van der Waals surface area contributed by atoms with Gasteiger partial charge in [0.2, 0.25) is 11.8 Å². The zero-order valence-corrected chi connectivity index (χ0v) is 18.6. The molecule has 0 radical (unpaired) electrons. The molecule has 1 heterocycles. The summed E-state index contributed by atoms with van der Waals surface area (Å²) in [5.41, 5.74) is 2.04. The first kappa shape index (κ1) is 21.9. The highest BCUT2D eigenvalue weighted by Gasteiger charge is 2.39. The van der Waals surface area contributed by atoms with Crippen LogP contribution in [0.25, 0.3) is 11.0 Å². The third-order valence-corrected chi connectivity index (χ3v) is 6.14. The van der Waals surface area contributed by atoms with Crippen LogP contribution in [0.2, 0.25) is 0 Å². The number of fused-ring (bicyclic) bond motifs is 1. The van der Waals surface area contributed by atoms with Crippen LogP contribution in [-0.4, -0.2) is 40.6 Å². The largest absolute Gasteiger partial charge is 0.493 e. The molecule has 2 aromatic carbocycles. The molecule has 1 aliphatic carbocycles. The first-order valence-electron chi connectivity index (χ1n) is 11.1. The second-order valence-electron chi connectivity index (χ2n) is 8.49. The van der Waals surface area contributed by atoms with E-state index in [1.165, 1.54) is 6.92 Å². The second-order valence-corrected chi connectivity index (χ2v) is 8.49. The number of imidazole rings is 1. The Bertz CT molecular complexity index is 1080. The number of aryl methyl sites for hydroxylation is 1. The van der Waals surface area contributed by atoms with Gasteiger partial charge < -0.3 is 19.9 Å². The first-order valence-corrected chi connectivity index (χ1v) is 11.1. The number of carbonyl (C=O) groups excluding carboxylic acids is 2. The van der Waals surface area contributed by atoms with E-state index >= 15 is 0 Å². The summed E-state index contributed by atoms with van der Waals surface area (Å²) in [6, 6.07) is 17.5. The number of hydrogen-bond donors (Lipinski definition) is 2. The maximum Gasteiger partial charge on any atom is 0.225 e. The lowest BCUT2D eigenvalue weighted by molar-refractivity contribution is -0.126. The highest BCUT2D eigenvalue weighted by atomic mass is 16.5. The van der Waals surface area contributed by atoms with E-state index < -0.39 is 0 Å². The van der Waals surface area contributed by atoms with Crippen molar-refractivity contribution < 1.29 is 14.3 Å². The van der Waals surface area contributed by atoms with E-state index in [1.807, 2.05) is 61.6 Å². The Morgan fingerprint density at radius 3 is 2.59 bits per heavy atom. The highest BCUT2D eigenvalue weighted by molar-refractivity contribution is 5.81. The second kappa shape index (κ2) is 9.85. The number of aromatic nitrogens is 2. The molecule has 168 valence electrons. The maximum atomic E-state index is 13.0. The summed E-state index contributed by atoms with van der Waals surface area (Å²) in [4.78, 5) is 29.3. The highest BCUT2D eigenvalue weighted by Crippen LogP contribution is 2.32. The van der Waals surface area contributed by atoms with Gasteiger partial charge in [-0.15, -0.1) is 0 Å². The number of rotatable bonds is 8. The van der Waals surface area contributed by atoms with E-state index in [4.69, 9.17) is 4.74 Å². The maximum absolute atomic E-state index is 13.0. The fourth-order valence-corrected chi connectivity index (χ4v) is 4.57. The third-order valence-electron chi connectivity index (χ3n) is 6.14. The van der Waals surface area contributed by atoms with Gasteiger partial charge in [-0.25, -0.2) is 4.98 Å². The third kappa shape index (κ3) is 5.10. The number of amides is 2. The molecule has 7 nitrogen and oxygen atoms in total. The molecular weight excluding hydrogens is 404 g/mol. The lowest BCUT2D eigenvalue weighted by Gasteiger charge is -2.19. The summed E-state index contributed by atoms with van der Waals surface area (Å²) in [5.74, 6) is 1.57. The minimum absolute atomic E-state index is 0.0234. The number of ether oxygens (including phenoxy) is 1. The van der Waals surface area contributed by atoms with Crippen LogP contribution in [0.5, 0.6) is 5.75 Å². The fourth-order valence-electron chi connectivity index (χ4n) is 4.57. The number of nitrogens with one attached hydrogen (secondary N) is 2. The summed E-state index contributed by atoms with van der Waals surface area (Å²) >= 11 is 0. The van der Waals surface area contributed by atoms with Crippen LogP contribution in [0.1, 0.15) is 25.6 Å². The Hall–Kier alpha value is -3.35. The van der Waals surface area contributed by atoms with Gasteiger partial charge in [-0.1, -0.05) is 30.3 Å². The van der Waals surface area contributed by atoms with Gasteiger partial charge in [0.05, 0.1) is 23.6 Å². The number of carbonyl (C=O) groups is 2. The van der Waals surface area contributed by atoms with E-state index in [9.17, 15) is 9.59 Å². The van der Waals surface area contributed by atoms with Crippen molar-refractivity contribution in [1.29, 1.82) is 0 Å². The molecule has 7 heteroatoms. The lowest BCUT2D eigenvalue weighted by Crippen LogP contribution is -2.43. The average molecular weight is 435 g/mol. The molecule has 0 bridgehead atoms. The predicted molar refractivity (Wildman–Crippen MR) is 123 cm³/mol. The molecule has 0 aliphatic heterocycles. The van der Waals surface area contributed by atoms with Crippen molar-refractivity contribution in [2.75, 3.05) is 13.2 Å². The molecule has 1 aliphatic rings. The van der Waals surface area contributed by atoms with E-state index in [1.54, 1.807) is 0 Å². The molecule has 0 unspecified atom stereocenters. The molecule has 1 aromatic heterocycles. The Morgan fingerprint density at radius 2 is 1.84 bits per heavy atom. The van der Waals surface area contributed by atoms with Crippen molar-refractivity contribution >= 4 is 22.8 Å². The van der Waals surface area contributed by atoms with Gasteiger partial charge in [0.15, 0.2) is 0 Å². The smallest absolute Gasteiger partial charge is 0.225 e. The topological polar surface area (TPSA) is 85.2 Å². The van der Waals surface area contributed by atoms with Crippen molar-refractivity contribution in [3.05, 3.63) is 60.4 Å². The summed E-state index contributed by atoms with van der Waals surface area (Å²) in [5, 5.41) is 6.02. The number of para-hydroxylation sites is 3. The van der Waals surface area contributed by atoms with Gasteiger partial charge in [-0.05, 0) is 43.0 Å². The van der Waals surface area contributed by atoms with Crippen molar-refractivity contribution in [3.8, 4) is 5.75 Å². The summed E-state index contributed by atoms with van der Waals surface area (Å²) in [6.07, 6.45) is 2.07. The molecule has 1 saturated carbocycles. The van der Waals surface area contributed by atoms with E-state index in [-0.39, 0.29) is 29.7 Å². The van der Waals surface area contributed by atoms with Gasteiger partial charge in [0, 0.05) is 33.0 Å². The molecule has 2 amide bonds. The van der Waals surface area contributed by atoms with Gasteiger partial charge in [-0.2, -0.15) is 0 Å². The van der Waals surface area contributed by atoms with Crippen molar-refractivity contribution in [2.45, 2.75) is 32.2 Å². The molecule has 32 heavy (non-hydrogen) atoms. The van der Waals surface area contributed by atoms with Crippen LogP contribution in [0.4, 0.5) is 0 Å². The van der Waals surface area contributed by atoms with Crippen LogP contribution in [0, 0.1) is 11.8 Å². The van der Waals surface area contributed by atoms with Gasteiger partial charge >= 0.3 is 0 Å². The molecule has 2 N–H and O–H groups in total. The lowest BCUT2D eigenvalue weighted by atomic mass is 10.0. The van der Waals surface area contributed by atoms with E-state index in [0.717, 1.165) is 29.0 Å². The van der Waals surface area contributed by atoms with Gasteiger partial charge in [0.1, 0.15) is 11.6 Å². The summed E-state index contributed by atoms with van der Waals surface area (Å²) < 4.78 is 7.96. The molecule has 3 aromatic rings. The standard InChI is InChI=1S/C25H30N4O3/c1-17(30)27-22-15-18(16-32-19-8-4-3-5-9-19)14-20(22)25(31)26-13-12-24-28-21-10-6-7-11-23(21)29(24)2/h3-11,18,20,22H,12-16H2,1-2H3,(H,26,31)(H,27,30)/t18-,20-,22-/m1/s1. The average Bonchev–Trinajstić information content (AvgIpc) is 3.33. The minimum atomic E-state index is -0.260. The van der Waals surface area contributed by atoms with Gasteiger partial charge in [-0.3, -0.25) is 9.59 Å². The summed E-state index contributed by atoms with van der Waals surface area (Å²) in [6.45, 7) is 2.53. The zero-order chi connectivity index (χ0) is 22.5. The molecule has 0 saturated heterocycles. The fraction of sp³-hybridized carbons (Fsp3) is 0.400. The summed E-state index contributed by atoms with van der Waals surface area (Å²) in [7, 11) is 1.99. The first-order chi connectivity index (χ1) is 15.5. The quantitative estimate of drug-likeness (QED) is 0.571. The van der Waals surface area contributed by atoms with Crippen molar-refractivity contribution in [3.63, 3.8) is 0 Å². The molecule has 4 rings (SSSR count). The van der Waals surface area contributed by atoms with Crippen molar-refractivity contribution in [2.24, 2.45) is 18.9 Å². The normalized spacial score (nSPS) is 20.2.